The highest BCUT2D eigenvalue weighted by atomic mass is 32.1. The van der Waals surface area contributed by atoms with Crippen molar-refractivity contribution >= 4 is 23.2 Å². The van der Waals surface area contributed by atoms with Gasteiger partial charge in [0.25, 0.3) is 11.5 Å². The predicted octanol–water partition coefficient (Wildman–Crippen LogP) is 2.42. The second-order valence-electron chi connectivity index (χ2n) is 7.59. The molecule has 3 aromatic rings. The Labute approximate surface area is 200 Å². The maximum absolute atomic E-state index is 13.2. The van der Waals surface area contributed by atoms with Gasteiger partial charge < -0.3 is 23.7 Å². The van der Waals surface area contributed by atoms with Crippen LogP contribution in [0, 0.1) is 0 Å². The van der Waals surface area contributed by atoms with Gasteiger partial charge in [0, 0.05) is 55.3 Å². The van der Waals surface area contributed by atoms with E-state index in [4.69, 9.17) is 14.2 Å². The van der Waals surface area contributed by atoms with Crippen molar-refractivity contribution in [3.63, 3.8) is 0 Å². The molecule has 1 aliphatic rings. The monoisotopic (exact) mass is 483 g/mol. The second kappa shape index (κ2) is 10.5. The number of carbonyl (C=O) groups is 2. The highest BCUT2D eigenvalue weighted by Gasteiger charge is 2.28. The molecular formula is C24H25N3O6S. The van der Waals surface area contributed by atoms with Crippen molar-refractivity contribution in [2.24, 2.45) is 0 Å². The number of pyridine rings is 2. The summed E-state index contributed by atoms with van der Waals surface area (Å²) in [5.41, 5.74) is 0.775. The summed E-state index contributed by atoms with van der Waals surface area (Å²) in [5.74, 6) is -0.391. The third kappa shape index (κ3) is 4.81. The Bertz CT molecular complexity index is 1240. The van der Waals surface area contributed by atoms with Crippen LogP contribution in [0.25, 0.3) is 0 Å². The Morgan fingerprint density at radius 3 is 2.74 bits per heavy atom. The molecule has 0 bridgehead atoms. The van der Waals surface area contributed by atoms with Crippen LogP contribution in [-0.4, -0.2) is 60.2 Å². The van der Waals surface area contributed by atoms with Gasteiger partial charge in [-0.2, -0.15) is 0 Å². The van der Waals surface area contributed by atoms with Crippen LogP contribution in [0.5, 0.6) is 11.6 Å². The minimum absolute atomic E-state index is 0.202. The van der Waals surface area contributed by atoms with Gasteiger partial charge in [-0.15, -0.1) is 11.3 Å². The van der Waals surface area contributed by atoms with Gasteiger partial charge in [0.1, 0.15) is 16.9 Å². The second-order valence-corrected chi connectivity index (χ2v) is 8.62. The smallest absolute Gasteiger partial charge is 0.343 e. The number of methoxy groups -OCH3 is 2. The van der Waals surface area contributed by atoms with E-state index < -0.39 is 5.97 Å². The summed E-state index contributed by atoms with van der Waals surface area (Å²) in [7, 11) is 2.75. The van der Waals surface area contributed by atoms with Gasteiger partial charge in [0.15, 0.2) is 0 Å². The van der Waals surface area contributed by atoms with Gasteiger partial charge in [-0.05, 0) is 23.6 Å². The molecule has 1 aliphatic heterocycles. The first-order chi connectivity index (χ1) is 16.5. The van der Waals surface area contributed by atoms with E-state index in [-0.39, 0.29) is 41.6 Å². The van der Waals surface area contributed by atoms with E-state index in [2.05, 4.69) is 4.98 Å². The van der Waals surface area contributed by atoms with Crippen LogP contribution in [0.1, 0.15) is 31.3 Å². The molecule has 0 spiro atoms. The molecule has 0 saturated carbocycles. The van der Waals surface area contributed by atoms with Crippen molar-refractivity contribution in [3.05, 3.63) is 74.0 Å². The number of rotatable bonds is 7. The van der Waals surface area contributed by atoms with Crippen molar-refractivity contribution < 1.29 is 23.8 Å². The number of amides is 1. The van der Waals surface area contributed by atoms with E-state index in [1.165, 1.54) is 24.9 Å². The lowest BCUT2D eigenvalue weighted by Gasteiger charge is -2.20. The molecule has 4 rings (SSSR count). The van der Waals surface area contributed by atoms with E-state index in [9.17, 15) is 14.4 Å². The molecule has 178 valence electrons. The fourth-order valence-electron chi connectivity index (χ4n) is 3.99. The summed E-state index contributed by atoms with van der Waals surface area (Å²) in [5, 5.41) is 1.98. The number of esters is 1. The molecule has 34 heavy (non-hydrogen) atoms. The minimum Gasteiger partial charge on any atom is -0.492 e. The molecule has 0 N–H and O–H groups in total. The third-order valence-electron chi connectivity index (χ3n) is 5.65. The number of ether oxygens (including phenoxy) is 3. The Kier molecular flexibility index (Phi) is 7.27. The summed E-state index contributed by atoms with van der Waals surface area (Å²) < 4.78 is 17.6. The van der Waals surface area contributed by atoms with Crippen LogP contribution in [0.4, 0.5) is 0 Å². The van der Waals surface area contributed by atoms with Crippen LogP contribution < -0.4 is 15.0 Å². The number of aromatic nitrogens is 2. The number of carbonyl (C=O) groups excluding carboxylic acids is 2. The molecule has 10 heteroatoms. The standard InChI is InChI=1S/C24H25N3O6S/c1-31-22-17(6-3-9-25-22)23(29)26-10-7-18-21(24(30)32-2)19(15-20(28)27(18)12-11-26)33-13-8-16-5-4-14-34-16/h3-6,9,14-15H,7-8,10-13H2,1-2H3. The SMILES string of the molecule is COC(=O)c1c(OCCc2cccs2)cc(=O)n2c1CCN(C(=O)c1cccnc1OC)CC2. The van der Waals surface area contributed by atoms with Gasteiger partial charge in [-0.3, -0.25) is 9.59 Å². The third-order valence-corrected chi connectivity index (χ3v) is 6.59. The average molecular weight is 484 g/mol. The topological polar surface area (TPSA) is 100.0 Å². The fourth-order valence-corrected chi connectivity index (χ4v) is 4.68. The van der Waals surface area contributed by atoms with E-state index in [0.717, 1.165) is 4.88 Å². The van der Waals surface area contributed by atoms with Crippen LogP contribution in [0.2, 0.25) is 0 Å². The number of nitrogens with zero attached hydrogens (tertiary/aromatic N) is 3. The molecule has 4 heterocycles. The first-order valence-corrected chi connectivity index (χ1v) is 11.7. The van der Waals surface area contributed by atoms with Gasteiger partial charge in [-0.1, -0.05) is 6.07 Å². The molecular weight excluding hydrogens is 458 g/mol. The van der Waals surface area contributed by atoms with Crippen molar-refractivity contribution in [1.82, 2.24) is 14.5 Å². The molecule has 1 amide bonds. The molecule has 0 aliphatic carbocycles. The highest BCUT2D eigenvalue weighted by Crippen LogP contribution is 2.25. The van der Waals surface area contributed by atoms with Crippen LogP contribution in [0.15, 0.2) is 46.7 Å². The number of fused-ring (bicyclic) bond motifs is 1. The largest absolute Gasteiger partial charge is 0.492 e. The van der Waals surface area contributed by atoms with E-state index in [1.54, 1.807) is 34.6 Å². The van der Waals surface area contributed by atoms with Crippen LogP contribution >= 0.6 is 11.3 Å². The average Bonchev–Trinajstić information content (AvgIpc) is 3.27. The quantitative estimate of drug-likeness (QED) is 0.476. The number of hydrogen-bond donors (Lipinski definition) is 0. The lowest BCUT2D eigenvalue weighted by Crippen LogP contribution is -2.34. The Hall–Kier alpha value is -3.66. The first kappa shape index (κ1) is 23.5. The summed E-state index contributed by atoms with van der Waals surface area (Å²) in [4.78, 5) is 45.7. The van der Waals surface area contributed by atoms with E-state index in [1.807, 2.05) is 17.5 Å². The molecule has 0 unspecified atom stereocenters. The molecule has 3 aromatic heterocycles. The molecule has 0 aromatic carbocycles. The number of thiophene rings is 1. The Balaban J connectivity index is 1.61. The van der Waals surface area contributed by atoms with E-state index in [0.29, 0.717) is 37.4 Å². The maximum Gasteiger partial charge on any atom is 0.343 e. The van der Waals surface area contributed by atoms with Crippen molar-refractivity contribution in [3.8, 4) is 11.6 Å². The number of hydrogen-bond acceptors (Lipinski definition) is 8. The zero-order chi connectivity index (χ0) is 24.1. The Morgan fingerprint density at radius 1 is 1.15 bits per heavy atom. The predicted molar refractivity (Wildman–Crippen MR) is 126 cm³/mol. The van der Waals surface area contributed by atoms with Crippen molar-refractivity contribution in [2.45, 2.75) is 19.4 Å². The molecule has 0 saturated heterocycles. The van der Waals surface area contributed by atoms with Crippen LogP contribution in [-0.2, 0) is 24.1 Å². The maximum atomic E-state index is 13.2. The van der Waals surface area contributed by atoms with Crippen LogP contribution in [0.3, 0.4) is 0 Å². The van der Waals surface area contributed by atoms with Gasteiger partial charge in [0.05, 0.1) is 20.8 Å². The summed E-state index contributed by atoms with van der Waals surface area (Å²) in [6.45, 7) is 1.16. The first-order valence-electron chi connectivity index (χ1n) is 10.8. The summed E-state index contributed by atoms with van der Waals surface area (Å²) in [6, 6.07) is 8.61. The lowest BCUT2D eigenvalue weighted by atomic mass is 10.1. The van der Waals surface area contributed by atoms with Gasteiger partial charge >= 0.3 is 5.97 Å². The Morgan fingerprint density at radius 2 is 2.00 bits per heavy atom. The zero-order valence-corrected chi connectivity index (χ0v) is 19.8. The minimum atomic E-state index is -0.580. The normalized spacial score (nSPS) is 13.1. The molecule has 0 radical (unpaired) electrons. The highest BCUT2D eigenvalue weighted by molar-refractivity contribution is 7.09. The zero-order valence-electron chi connectivity index (χ0n) is 19.0. The van der Waals surface area contributed by atoms with E-state index >= 15 is 0 Å². The molecule has 0 fully saturated rings. The van der Waals surface area contributed by atoms with Crippen molar-refractivity contribution in [2.75, 3.05) is 33.9 Å². The fraction of sp³-hybridized carbons (Fsp3) is 0.333. The molecule has 9 nitrogen and oxygen atoms in total. The van der Waals surface area contributed by atoms with Gasteiger partial charge in [0.2, 0.25) is 5.88 Å². The van der Waals surface area contributed by atoms with Crippen molar-refractivity contribution in [1.29, 1.82) is 0 Å². The summed E-state index contributed by atoms with van der Waals surface area (Å²) >= 11 is 1.62. The summed E-state index contributed by atoms with van der Waals surface area (Å²) in [6.07, 6.45) is 2.50. The molecule has 0 atom stereocenters. The lowest BCUT2D eigenvalue weighted by molar-refractivity contribution is 0.0593. The van der Waals surface area contributed by atoms with Gasteiger partial charge in [-0.25, -0.2) is 9.78 Å².